The highest BCUT2D eigenvalue weighted by Crippen LogP contribution is 2.14. The van der Waals surface area contributed by atoms with Gasteiger partial charge >= 0.3 is 0 Å². The zero-order valence-corrected chi connectivity index (χ0v) is 17.6. The number of phenols is 2. The van der Waals surface area contributed by atoms with Crippen LogP contribution in [0.15, 0.2) is 48.5 Å². The molecule has 0 radical (unpaired) electrons. The predicted molar refractivity (Wildman–Crippen MR) is 117 cm³/mol. The number of carbonyl (C=O) groups is 2. The maximum atomic E-state index is 12.9. The van der Waals surface area contributed by atoms with E-state index in [1.807, 2.05) is 0 Å². The van der Waals surface area contributed by atoms with E-state index in [1.165, 1.54) is 85.6 Å². The molecule has 0 aromatic heterocycles. The van der Waals surface area contributed by atoms with Crippen molar-refractivity contribution < 1.29 is 19.8 Å². The maximum absolute atomic E-state index is 12.9. The minimum absolute atomic E-state index is 0.0718. The highest BCUT2D eigenvalue weighted by molar-refractivity contribution is 5.99. The monoisotopic (exact) mass is 412 g/mol. The molecule has 6 nitrogen and oxygen atoms in total. The molecular weight excluding hydrogens is 380 g/mol. The standard InChI is InChI=1S/C24H32N2O4/c1-2-3-4-5-6-7-8-9-18-26(24(30)20-12-16-22(28)17-13-20)25-23(29)19-10-14-21(27)15-11-19/h10-17,27-28H,2-9,18H2,1H3,(H,25,29). The molecule has 0 aliphatic carbocycles. The Kier molecular flexibility index (Phi) is 9.71. The van der Waals surface area contributed by atoms with Crippen molar-refractivity contribution in [1.82, 2.24) is 10.4 Å². The van der Waals surface area contributed by atoms with E-state index >= 15 is 0 Å². The molecule has 0 bridgehead atoms. The molecular formula is C24H32N2O4. The number of hydrazine groups is 1. The summed E-state index contributed by atoms with van der Waals surface area (Å²) in [4.78, 5) is 25.5. The van der Waals surface area contributed by atoms with Crippen LogP contribution in [0, 0.1) is 0 Å². The van der Waals surface area contributed by atoms with Gasteiger partial charge in [0, 0.05) is 17.7 Å². The van der Waals surface area contributed by atoms with Gasteiger partial charge in [-0.3, -0.25) is 15.0 Å². The summed E-state index contributed by atoms with van der Waals surface area (Å²) < 4.78 is 0. The van der Waals surface area contributed by atoms with E-state index in [1.54, 1.807) is 0 Å². The SMILES string of the molecule is CCCCCCCCCCN(NC(=O)c1ccc(O)cc1)C(=O)c1ccc(O)cc1. The molecule has 162 valence electrons. The van der Waals surface area contributed by atoms with Crippen LogP contribution < -0.4 is 5.43 Å². The maximum Gasteiger partial charge on any atom is 0.272 e. The molecule has 3 N–H and O–H groups in total. The largest absolute Gasteiger partial charge is 0.508 e. The minimum atomic E-state index is -0.415. The van der Waals surface area contributed by atoms with Crippen LogP contribution in [0.1, 0.15) is 79.0 Å². The number of unbranched alkanes of at least 4 members (excludes halogenated alkanes) is 7. The van der Waals surface area contributed by atoms with Crippen LogP contribution >= 0.6 is 0 Å². The fourth-order valence-electron chi connectivity index (χ4n) is 3.17. The quantitative estimate of drug-likeness (QED) is 0.357. The molecule has 2 aromatic carbocycles. The molecule has 30 heavy (non-hydrogen) atoms. The normalized spacial score (nSPS) is 10.6. The second kappa shape index (κ2) is 12.5. The molecule has 0 aliphatic rings. The molecule has 0 spiro atoms. The van der Waals surface area contributed by atoms with Gasteiger partial charge in [0.1, 0.15) is 11.5 Å². The van der Waals surface area contributed by atoms with Crippen molar-refractivity contribution in [3.63, 3.8) is 0 Å². The Morgan fingerprint density at radius 3 is 1.73 bits per heavy atom. The van der Waals surface area contributed by atoms with Gasteiger partial charge in [0.2, 0.25) is 0 Å². The number of hydrogen-bond acceptors (Lipinski definition) is 4. The first kappa shape index (κ1) is 23.3. The van der Waals surface area contributed by atoms with Crippen molar-refractivity contribution in [2.45, 2.75) is 58.3 Å². The molecule has 2 amide bonds. The summed E-state index contributed by atoms with van der Waals surface area (Å²) in [6, 6.07) is 11.8. The van der Waals surface area contributed by atoms with Crippen LogP contribution in [-0.4, -0.2) is 33.6 Å². The van der Waals surface area contributed by atoms with Gasteiger partial charge in [-0.2, -0.15) is 0 Å². The minimum Gasteiger partial charge on any atom is -0.508 e. The average Bonchev–Trinajstić information content (AvgIpc) is 2.75. The van der Waals surface area contributed by atoms with E-state index < -0.39 is 5.91 Å². The Labute approximate surface area is 178 Å². The van der Waals surface area contributed by atoms with Crippen molar-refractivity contribution >= 4 is 11.8 Å². The molecule has 0 saturated heterocycles. The first-order chi connectivity index (χ1) is 14.5. The van der Waals surface area contributed by atoms with Gasteiger partial charge in [-0.05, 0) is 55.0 Å². The third-order valence-electron chi connectivity index (χ3n) is 4.96. The van der Waals surface area contributed by atoms with Crippen LogP contribution in [0.5, 0.6) is 11.5 Å². The summed E-state index contributed by atoms with van der Waals surface area (Å²) in [6.45, 7) is 2.60. The molecule has 6 heteroatoms. The number of phenolic OH excluding ortho intramolecular Hbond substituents is 2. The Morgan fingerprint density at radius 2 is 1.20 bits per heavy atom. The van der Waals surface area contributed by atoms with Gasteiger partial charge in [-0.25, -0.2) is 5.01 Å². The highest BCUT2D eigenvalue weighted by atomic mass is 16.3. The lowest BCUT2D eigenvalue weighted by molar-refractivity contribution is 0.0579. The Morgan fingerprint density at radius 1 is 0.733 bits per heavy atom. The number of carbonyl (C=O) groups excluding carboxylic acids is 2. The molecule has 0 aliphatic heterocycles. The van der Waals surface area contributed by atoms with Crippen LogP contribution in [0.25, 0.3) is 0 Å². The van der Waals surface area contributed by atoms with Gasteiger partial charge < -0.3 is 10.2 Å². The van der Waals surface area contributed by atoms with Crippen molar-refractivity contribution in [3.05, 3.63) is 59.7 Å². The zero-order valence-electron chi connectivity index (χ0n) is 17.6. The van der Waals surface area contributed by atoms with Crippen LogP contribution in [0.3, 0.4) is 0 Å². The van der Waals surface area contributed by atoms with Crippen molar-refractivity contribution in [2.75, 3.05) is 6.54 Å². The summed E-state index contributed by atoms with van der Waals surface area (Å²) in [6.07, 6.45) is 9.08. The molecule has 0 saturated carbocycles. The van der Waals surface area contributed by atoms with Crippen LogP contribution in [-0.2, 0) is 0 Å². The molecule has 0 unspecified atom stereocenters. The Bertz CT molecular complexity index is 788. The van der Waals surface area contributed by atoms with Crippen LogP contribution in [0.4, 0.5) is 0 Å². The Balaban J connectivity index is 1.95. The fourth-order valence-corrected chi connectivity index (χ4v) is 3.17. The predicted octanol–water partition coefficient (Wildman–Crippen LogP) is 5.03. The van der Waals surface area contributed by atoms with E-state index in [0.29, 0.717) is 17.7 Å². The fraction of sp³-hybridized carbons (Fsp3) is 0.417. The lowest BCUT2D eigenvalue weighted by atomic mass is 10.1. The van der Waals surface area contributed by atoms with Crippen molar-refractivity contribution in [3.8, 4) is 11.5 Å². The highest BCUT2D eigenvalue weighted by Gasteiger charge is 2.19. The first-order valence-corrected chi connectivity index (χ1v) is 10.7. The number of rotatable bonds is 11. The number of benzene rings is 2. The zero-order chi connectivity index (χ0) is 21.8. The molecule has 0 heterocycles. The number of amides is 2. The van der Waals surface area contributed by atoms with E-state index in [9.17, 15) is 19.8 Å². The van der Waals surface area contributed by atoms with Gasteiger partial charge in [0.05, 0.1) is 0 Å². The van der Waals surface area contributed by atoms with Crippen LogP contribution in [0.2, 0.25) is 0 Å². The summed E-state index contributed by atoms with van der Waals surface area (Å²) in [5.41, 5.74) is 3.43. The second-order valence-electron chi connectivity index (χ2n) is 7.47. The van der Waals surface area contributed by atoms with Gasteiger partial charge in [0.25, 0.3) is 11.8 Å². The van der Waals surface area contributed by atoms with Gasteiger partial charge in [0.15, 0.2) is 0 Å². The third-order valence-corrected chi connectivity index (χ3v) is 4.96. The smallest absolute Gasteiger partial charge is 0.272 e. The Hall–Kier alpha value is -3.02. The molecule has 0 atom stereocenters. The number of aromatic hydroxyl groups is 2. The van der Waals surface area contributed by atoms with E-state index in [4.69, 9.17) is 0 Å². The first-order valence-electron chi connectivity index (χ1n) is 10.7. The third kappa shape index (κ3) is 7.78. The van der Waals surface area contributed by atoms with E-state index in [2.05, 4.69) is 12.3 Å². The average molecular weight is 413 g/mol. The number of nitrogens with one attached hydrogen (secondary N) is 1. The summed E-state index contributed by atoms with van der Waals surface area (Å²) in [7, 11) is 0. The summed E-state index contributed by atoms with van der Waals surface area (Å²) >= 11 is 0. The van der Waals surface area contributed by atoms with Gasteiger partial charge in [-0.1, -0.05) is 51.9 Å². The van der Waals surface area contributed by atoms with Gasteiger partial charge in [-0.15, -0.1) is 0 Å². The second-order valence-corrected chi connectivity index (χ2v) is 7.47. The summed E-state index contributed by atoms with van der Waals surface area (Å²) in [5.74, 6) is -0.594. The molecule has 2 aromatic rings. The number of nitrogens with zero attached hydrogens (tertiary/aromatic N) is 1. The number of hydrogen-bond donors (Lipinski definition) is 3. The van der Waals surface area contributed by atoms with E-state index in [0.717, 1.165) is 19.3 Å². The van der Waals surface area contributed by atoms with E-state index in [-0.39, 0.29) is 17.4 Å². The lowest BCUT2D eigenvalue weighted by Crippen LogP contribution is -2.46. The molecule has 0 fully saturated rings. The topological polar surface area (TPSA) is 89.9 Å². The van der Waals surface area contributed by atoms with Crippen molar-refractivity contribution in [2.24, 2.45) is 0 Å². The lowest BCUT2D eigenvalue weighted by Gasteiger charge is -2.23. The summed E-state index contributed by atoms with van der Waals surface area (Å²) in [5, 5.41) is 20.2. The van der Waals surface area contributed by atoms with Crippen molar-refractivity contribution in [1.29, 1.82) is 0 Å². The molecule has 2 rings (SSSR count).